The molecule has 1 N–H and O–H groups in total. The number of anilines is 1. The van der Waals surface area contributed by atoms with Crippen molar-refractivity contribution < 1.29 is 0 Å². The van der Waals surface area contributed by atoms with Gasteiger partial charge in [0.15, 0.2) is 0 Å². The van der Waals surface area contributed by atoms with Gasteiger partial charge in [-0.25, -0.2) is 0 Å². The molecule has 4 rings (SSSR count). The Balaban J connectivity index is 1.23. The molecule has 1 fully saturated rings. The summed E-state index contributed by atoms with van der Waals surface area (Å²) in [7, 11) is 0. The van der Waals surface area contributed by atoms with Crippen molar-refractivity contribution in [1.82, 2.24) is 4.90 Å². The van der Waals surface area contributed by atoms with Gasteiger partial charge in [-0.15, -0.1) is 11.6 Å². The van der Waals surface area contributed by atoms with Crippen molar-refractivity contribution in [2.45, 2.75) is 56.9 Å². The molecule has 1 atom stereocenters. The lowest BCUT2D eigenvalue weighted by Gasteiger charge is -2.32. The summed E-state index contributed by atoms with van der Waals surface area (Å²) < 4.78 is 0. The number of nitrogens with zero attached hydrogens (tertiary/aromatic N) is 1. The second kappa shape index (κ2) is 9.80. The van der Waals surface area contributed by atoms with Crippen molar-refractivity contribution in [3.8, 4) is 0 Å². The van der Waals surface area contributed by atoms with Crippen molar-refractivity contribution in [1.29, 1.82) is 0 Å². The van der Waals surface area contributed by atoms with Crippen LogP contribution in [0.2, 0.25) is 0 Å². The van der Waals surface area contributed by atoms with Crippen LogP contribution in [0.5, 0.6) is 0 Å². The summed E-state index contributed by atoms with van der Waals surface area (Å²) >= 11 is 6.80. The summed E-state index contributed by atoms with van der Waals surface area (Å²) in [5.74, 6) is 0.772. The number of rotatable bonds is 6. The minimum absolute atomic E-state index is 0.245. The van der Waals surface area contributed by atoms with Crippen molar-refractivity contribution in [2.75, 3.05) is 25.0 Å². The van der Waals surface area contributed by atoms with Crippen LogP contribution in [0, 0.1) is 5.92 Å². The van der Waals surface area contributed by atoms with Gasteiger partial charge >= 0.3 is 0 Å². The van der Waals surface area contributed by atoms with E-state index in [-0.39, 0.29) is 5.38 Å². The first-order chi connectivity index (χ1) is 13.8. The molecule has 150 valence electrons. The predicted molar refractivity (Wildman–Crippen MR) is 120 cm³/mol. The highest BCUT2D eigenvalue weighted by atomic mass is 35.5. The molecular formula is C25H33ClN2. The Kier molecular flexibility index (Phi) is 6.93. The molecule has 3 heteroatoms. The Labute approximate surface area is 175 Å². The maximum Gasteiger partial charge on any atom is 0.0379 e. The number of nitrogens with one attached hydrogen (secondary N) is 1. The van der Waals surface area contributed by atoms with E-state index in [0.29, 0.717) is 0 Å². The number of alkyl halides is 1. The standard InChI is InChI=1S/C25H33ClN2/c26-24(17-22-9-10-23-8-4-5-13-27-25(23)18-22)16-20-11-14-28(15-12-20)19-21-6-2-1-3-7-21/h1-3,6-7,9-10,18,20,24,27H,4-5,8,11-17,19H2. The largest absolute Gasteiger partial charge is 0.385 e. The predicted octanol–water partition coefficient (Wildman–Crippen LogP) is 5.89. The molecule has 1 saturated heterocycles. The van der Waals surface area contributed by atoms with Crippen LogP contribution in [0.3, 0.4) is 0 Å². The number of hydrogen-bond acceptors (Lipinski definition) is 2. The molecular weight excluding hydrogens is 364 g/mol. The molecule has 1 unspecified atom stereocenters. The van der Waals surface area contributed by atoms with E-state index < -0.39 is 0 Å². The number of halogens is 1. The maximum atomic E-state index is 6.80. The Morgan fingerprint density at radius 3 is 2.64 bits per heavy atom. The fourth-order valence-corrected chi connectivity index (χ4v) is 5.15. The van der Waals surface area contributed by atoms with Gasteiger partial charge in [0.25, 0.3) is 0 Å². The van der Waals surface area contributed by atoms with E-state index in [2.05, 4.69) is 58.7 Å². The topological polar surface area (TPSA) is 15.3 Å². The lowest BCUT2D eigenvalue weighted by atomic mass is 9.90. The Morgan fingerprint density at radius 2 is 1.82 bits per heavy atom. The van der Waals surface area contributed by atoms with Crippen molar-refractivity contribution in [2.24, 2.45) is 5.92 Å². The number of likely N-dealkylation sites (tertiary alicyclic amines) is 1. The molecule has 2 aliphatic rings. The fraction of sp³-hybridized carbons (Fsp3) is 0.520. The van der Waals surface area contributed by atoms with Crippen LogP contribution in [0.1, 0.15) is 48.8 Å². The van der Waals surface area contributed by atoms with Gasteiger partial charge in [0.1, 0.15) is 0 Å². The van der Waals surface area contributed by atoms with Gasteiger partial charge in [-0.05, 0) is 86.7 Å². The van der Waals surface area contributed by atoms with Crippen LogP contribution in [0.4, 0.5) is 5.69 Å². The number of fused-ring (bicyclic) bond motifs is 1. The SMILES string of the molecule is ClC(Cc1ccc2c(c1)NCCCC2)CC1CCN(Cc2ccccc2)CC1. The summed E-state index contributed by atoms with van der Waals surface area (Å²) in [6.45, 7) is 4.58. The zero-order chi connectivity index (χ0) is 19.2. The second-order valence-corrected chi connectivity index (χ2v) is 9.23. The van der Waals surface area contributed by atoms with E-state index in [0.717, 1.165) is 31.8 Å². The van der Waals surface area contributed by atoms with E-state index in [4.69, 9.17) is 11.6 Å². The minimum Gasteiger partial charge on any atom is -0.385 e. The van der Waals surface area contributed by atoms with E-state index >= 15 is 0 Å². The van der Waals surface area contributed by atoms with Gasteiger partial charge in [0.2, 0.25) is 0 Å². The maximum absolute atomic E-state index is 6.80. The lowest BCUT2D eigenvalue weighted by molar-refractivity contribution is 0.171. The fourth-order valence-electron chi connectivity index (χ4n) is 4.72. The molecule has 2 aromatic rings. The molecule has 0 aromatic heterocycles. The minimum atomic E-state index is 0.245. The molecule has 0 spiro atoms. The van der Waals surface area contributed by atoms with Gasteiger partial charge in [-0.2, -0.15) is 0 Å². The molecule has 2 aromatic carbocycles. The lowest BCUT2D eigenvalue weighted by Crippen LogP contribution is -2.34. The molecule has 0 saturated carbocycles. The molecule has 0 radical (unpaired) electrons. The third kappa shape index (κ3) is 5.52. The van der Waals surface area contributed by atoms with E-state index in [1.165, 1.54) is 67.6 Å². The summed E-state index contributed by atoms with van der Waals surface area (Å²) in [6, 6.07) is 17.8. The number of hydrogen-bond donors (Lipinski definition) is 1. The quantitative estimate of drug-likeness (QED) is 0.612. The van der Waals surface area contributed by atoms with E-state index in [9.17, 15) is 0 Å². The first-order valence-electron chi connectivity index (χ1n) is 11.0. The summed E-state index contributed by atoms with van der Waals surface area (Å²) in [6.07, 6.45) is 8.45. The average molecular weight is 397 g/mol. The average Bonchev–Trinajstić information content (AvgIpc) is 2.95. The molecule has 0 amide bonds. The molecule has 0 bridgehead atoms. The highest BCUT2D eigenvalue weighted by Crippen LogP contribution is 2.28. The number of aryl methyl sites for hydroxylation is 1. The summed E-state index contributed by atoms with van der Waals surface area (Å²) in [5, 5.41) is 3.84. The van der Waals surface area contributed by atoms with Gasteiger partial charge in [-0.1, -0.05) is 42.5 Å². The normalized spacial score (nSPS) is 19.5. The van der Waals surface area contributed by atoms with Crippen LogP contribution in [0.25, 0.3) is 0 Å². The molecule has 2 aliphatic heterocycles. The summed E-state index contributed by atoms with van der Waals surface area (Å²) in [4.78, 5) is 2.59. The van der Waals surface area contributed by atoms with Crippen LogP contribution in [0.15, 0.2) is 48.5 Å². The van der Waals surface area contributed by atoms with Crippen molar-refractivity contribution in [3.05, 3.63) is 65.2 Å². The van der Waals surface area contributed by atoms with Crippen LogP contribution >= 0.6 is 11.6 Å². The van der Waals surface area contributed by atoms with Crippen LogP contribution < -0.4 is 5.32 Å². The summed E-state index contributed by atoms with van der Waals surface area (Å²) in [5.41, 5.74) is 5.62. The molecule has 0 aliphatic carbocycles. The monoisotopic (exact) mass is 396 g/mol. The zero-order valence-corrected chi connectivity index (χ0v) is 17.6. The van der Waals surface area contributed by atoms with Crippen LogP contribution in [-0.4, -0.2) is 29.9 Å². The van der Waals surface area contributed by atoms with E-state index in [1.54, 1.807) is 0 Å². The zero-order valence-electron chi connectivity index (χ0n) is 16.9. The number of piperidine rings is 1. The smallest absolute Gasteiger partial charge is 0.0379 e. The first-order valence-corrected chi connectivity index (χ1v) is 11.5. The van der Waals surface area contributed by atoms with Gasteiger partial charge in [0.05, 0.1) is 0 Å². The van der Waals surface area contributed by atoms with Gasteiger partial charge in [-0.3, -0.25) is 4.90 Å². The second-order valence-electron chi connectivity index (χ2n) is 8.62. The van der Waals surface area contributed by atoms with E-state index in [1.807, 2.05) is 0 Å². The Morgan fingerprint density at radius 1 is 1.00 bits per heavy atom. The van der Waals surface area contributed by atoms with Crippen molar-refractivity contribution in [3.63, 3.8) is 0 Å². The molecule has 28 heavy (non-hydrogen) atoms. The Bertz CT molecular complexity index is 737. The Hall–Kier alpha value is -1.51. The van der Waals surface area contributed by atoms with Gasteiger partial charge in [0, 0.05) is 24.2 Å². The molecule has 2 nitrogen and oxygen atoms in total. The first kappa shape index (κ1) is 19.8. The van der Waals surface area contributed by atoms with Crippen molar-refractivity contribution >= 4 is 17.3 Å². The number of benzene rings is 2. The highest BCUT2D eigenvalue weighted by Gasteiger charge is 2.22. The molecule has 2 heterocycles. The third-order valence-electron chi connectivity index (χ3n) is 6.37. The van der Waals surface area contributed by atoms with Crippen LogP contribution in [-0.2, 0) is 19.4 Å². The third-order valence-corrected chi connectivity index (χ3v) is 6.70. The highest BCUT2D eigenvalue weighted by molar-refractivity contribution is 6.20. The van der Waals surface area contributed by atoms with Gasteiger partial charge < -0.3 is 5.32 Å².